The first-order valence-corrected chi connectivity index (χ1v) is 9.12. The zero-order chi connectivity index (χ0) is 18.5. The van der Waals surface area contributed by atoms with Crippen molar-refractivity contribution in [1.29, 1.82) is 0 Å². The smallest absolute Gasteiger partial charge is 0.266 e. The van der Waals surface area contributed by atoms with Crippen LogP contribution in [-0.2, 0) is 9.59 Å². The summed E-state index contributed by atoms with van der Waals surface area (Å²) < 4.78 is 14.1. The van der Waals surface area contributed by atoms with Gasteiger partial charge in [-0.15, -0.1) is 0 Å². The number of carbonyl (C=O) groups excluding carboxylic acids is 2. The monoisotopic (exact) mass is 386 g/mol. The lowest BCUT2D eigenvalue weighted by Crippen LogP contribution is -2.31. The molecule has 0 aromatic heterocycles. The normalized spacial score (nSPS) is 15.6. The number of halogens is 1. The molecule has 0 unspecified atom stereocenters. The van der Waals surface area contributed by atoms with E-state index in [0.717, 1.165) is 11.8 Å². The minimum absolute atomic E-state index is 0.119. The SMILES string of the molecule is O=C(CCN1C(=O)/C(=C/c2ccccc2F)SC1=S)Nc1ccccc1. The number of thiocarbonyl (C=S) groups is 1. The predicted molar refractivity (Wildman–Crippen MR) is 106 cm³/mol. The minimum Gasteiger partial charge on any atom is -0.326 e. The fourth-order valence-electron chi connectivity index (χ4n) is 2.38. The summed E-state index contributed by atoms with van der Waals surface area (Å²) in [5, 5.41) is 2.76. The number of benzene rings is 2. The predicted octanol–water partition coefficient (Wildman–Crippen LogP) is 4.06. The molecule has 7 heteroatoms. The molecule has 1 aliphatic rings. The molecule has 2 aromatic carbocycles. The van der Waals surface area contributed by atoms with Crippen molar-refractivity contribution in [1.82, 2.24) is 4.90 Å². The molecule has 26 heavy (non-hydrogen) atoms. The number of thioether (sulfide) groups is 1. The van der Waals surface area contributed by atoms with Crippen molar-refractivity contribution in [2.75, 3.05) is 11.9 Å². The van der Waals surface area contributed by atoms with Gasteiger partial charge in [0.15, 0.2) is 0 Å². The van der Waals surface area contributed by atoms with E-state index in [1.807, 2.05) is 18.2 Å². The van der Waals surface area contributed by atoms with Crippen LogP contribution in [0, 0.1) is 5.82 Å². The average molecular weight is 386 g/mol. The van der Waals surface area contributed by atoms with Crippen molar-refractivity contribution in [3.8, 4) is 0 Å². The van der Waals surface area contributed by atoms with Gasteiger partial charge < -0.3 is 5.32 Å². The van der Waals surface area contributed by atoms with Crippen molar-refractivity contribution < 1.29 is 14.0 Å². The van der Waals surface area contributed by atoms with Crippen molar-refractivity contribution in [3.63, 3.8) is 0 Å². The molecular weight excluding hydrogens is 371 g/mol. The van der Waals surface area contributed by atoms with E-state index in [0.29, 0.717) is 20.5 Å². The van der Waals surface area contributed by atoms with Gasteiger partial charge in [-0.1, -0.05) is 60.4 Å². The fourth-order valence-corrected chi connectivity index (χ4v) is 3.68. The van der Waals surface area contributed by atoms with Crippen molar-refractivity contribution >= 4 is 51.9 Å². The first-order valence-electron chi connectivity index (χ1n) is 7.89. The van der Waals surface area contributed by atoms with Crippen LogP contribution in [0.3, 0.4) is 0 Å². The lowest BCUT2D eigenvalue weighted by molar-refractivity contribution is -0.122. The van der Waals surface area contributed by atoms with E-state index in [1.165, 1.54) is 17.0 Å². The number of nitrogens with zero attached hydrogens (tertiary/aromatic N) is 1. The molecule has 0 bridgehead atoms. The molecule has 0 radical (unpaired) electrons. The molecule has 132 valence electrons. The van der Waals surface area contributed by atoms with Crippen molar-refractivity contribution in [2.45, 2.75) is 6.42 Å². The molecule has 1 fully saturated rings. The molecular formula is C19H15FN2O2S2. The fraction of sp³-hybridized carbons (Fsp3) is 0.105. The van der Waals surface area contributed by atoms with Crippen LogP contribution in [-0.4, -0.2) is 27.6 Å². The molecule has 1 aliphatic heterocycles. The highest BCUT2D eigenvalue weighted by Crippen LogP contribution is 2.33. The largest absolute Gasteiger partial charge is 0.326 e. The highest BCUT2D eigenvalue weighted by atomic mass is 32.2. The van der Waals surface area contributed by atoms with Gasteiger partial charge in [0.25, 0.3) is 5.91 Å². The Morgan fingerprint density at radius 1 is 1.15 bits per heavy atom. The van der Waals surface area contributed by atoms with Crippen LogP contribution in [0.4, 0.5) is 10.1 Å². The van der Waals surface area contributed by atoms with Crippen molar-refractivity contribution in [2.24, 2.45) is 0 Å². The summed E-state index contributed by atoms with van der Waals surface area (Å²) in [4.78, 5) is 26.3. The molecule has 2 aromatic rings. The van der Waals surface area contributed by atoms with Crippen LogP contribution in [0.1, 0.15) is 12.0 Å². The maximum Gasteiger partial charge on any atom is 0.266 e. The number of hydrogen-bond acceptors (Lipinski definition) is 4. The van der Waals surface area contributed by atoms with Crippen LogP contribution in [0.5, 0.6) is 0 Å². The summed E-state index contributed by atoms with van der Waals surface area (Å²) in [5.41, 5.74) is 1.03. The summed E-state index contributed by atoms with van der Waals surface area (Å²) in [6.45, 7) is 0.179. The first-order chi connectivity index (χ1) is 12.5. The maximum atomic E-state index is 13.8. The summed E-state index contributed by atoms with van der Waals surface area (Å²) in [5.74, 6) is -0.917. The van der Waals surface area contributed by atoms with E-state index >= 15 is 0 Å². The molecule has 1 saturated heterocycles. The number of carbonyl (C=O) groups is 2. The summed E-state index contributed by atoms with van der Waals surface area (Å²) >= 11 is 6.34. The van der Waals surface area contributed by atoms with Gasteiger partial charge in [-0.25, -0.2) is 4.39 Å². The lowest BCUT2D eigenvalue weighted by Gasteiger charge is -2.14. The van der Waals surface area contributed by atoms with Gasteiger partial charge in [-0.3, -0.25) is 14.5 Å². The topological polar surface area (TPSA) is 49.4 Å². The van der Waals surface area contributed by atoms with Crippen LogP contribution < -0.4 is 5.32 Å². The molecule has 0 spiro atoms. The van der Waals surface area contributed by atoms with Gasteiger partial charge in [-0.05, 0) is 24.3 Å². The van der Waals surface area contributed by atoms with E-state index in [9.17, 15) is 14.0 Å². The second kappa shape index (κ2) is 8.25. The Balaban J connectivity index is 1.62. The third kappa shape index (κ3) is 4.36. The Morgan fingerprint density at radius 3 is 2.58 bits per heavy atom. The Kier molecular flexibility index (Phi) is 5.80. The molecule has 0 saturated carbocycles. The van der Waals surface area contributed by atoms with Crippen molar-refractivity contribution in [3.05, 3.63) is 70.9 Å². The van der Waals surface area contributed by atoms with Crippen LogP contribution >= 0.6 is 24.0 Å². The summed E-state index contributed by atoms with van der Waals surface area (Å²) in [6, 6.07) is 15.3. The molecule has 0 aliphatic carbocycles. The van der Waals surface area contributed by atoms with Gasteiger partial charge in [0, 0.05) is 24.2 Å². The van der Waals surface area contributed by atoms with Gasteiger partial charge in [0.2, 0.25) is 5.91 Å². The maximum absolute atomic E-state index is 13.8. The third-order valence-electron chi connectivity index (χ3n) is 3.69. The van der Waals surface area contributed by atoms with E-state index in [2.05, 4.69) is 5.32 Å². The van der Waals surface area contributed by atoms with Gasteiger partial charge >= 0.3 is 0 Å². The first kappa shape index (κ1) is 18.3. The zero-order valence-corrected chi connectivity index (χ0v) is 15.3. The molecule has 1 N–H and O–H groups in total. The Labute approximate surface area is 160 Å². The van der Waals surface area contributed by atoms with Gasteiger partial charge in [0.05, 0.1) is 4.91 Å². The number of anilines is 1. The van der Waals surface area contributed by atoms with Gasteiger partial charge in [0.1, 0.15) is 10.1 Å². The highest BCUT2D eigenvalue weighted by molar-refractivity contribution is 8.26. The number of nitrogens with one attached hydrogen (secondary N) is 1. The molecule has 1 heterocycles. The lowest BCUT2D eigenvalue weighted by atomic mass is 10.2. The number of rotatable bonds is 5. The van der Waals surface area contributed by atoms with E-state index < -0.39 is 5.82 Å². The van der Waals surface area contributed by atoms with Gasteiger partial charge in [-0.2, -0.15) is 0 Å². The molecule has 0 atom stereocenters. The van der Waals surface area contributed by atoms with Crippen LogP contribution in [0.15, 0.2) is 59.5 Å². The van der Waals surface area contributed by atoms with E-state index in [4.69, 9.17) is 12.2 Å². The quantitative estimate of drug-likeness (QED) is 0.622. The van der Waals surface area contributed by atoms with Crippen LogP contribution in [0.25, 0.3) is 6.08 Å². The molecule has 2 amide bonds. The summed E-state index contributed by atoms with van der Waals surface area (Å²) in [6.07, 6.45) is 1.60. The third-order valence-corrected chi connectivity index (χ3v) is 5.06. The second-order valence-corrected chi connectivity index (χ2v) is 7.19. The van der Waals surface area contributed by atoms with E-state index in [1.54, 1.807) is 30.3 Å². The average Bonchev–Trinajstić information content (AvgIpc) is 2.89. The number of para-hydroxylation sites is 1. The van der Waals surface area contributed by atoms with Crippen LogP contribution in [0.2, 0.25) is 0 Å². The number of hydrogen-bond donors (Lipinski definition) is 1. The Hall–Kier alpha value is -2.51. The summed E-state index contributed by atoms with van der Waals surface area (Å²) in [7, 11) is 0. The standard InChI is InChI=1S/C19H15FN2O2S2/c20-15-9-5-4-6-13(15)12-16-18(24)22(19(25)26-16)11-10-17(23)21-14-7-2-1-3-8-14/h1-9,12H,10-11H2,(H,21,23)/b16-12-. The minimum atomic E-state index is -0.403. The Bertz CT molecular complexity index is 884. The van der Waals surface area contributed by atoms with E-state index in [-0.39, 0.29) is 24.8 Å². The molecule has 3 rings (SSSR count). The number of amides is 2. The molecule has 4 nitrogen and oxygen atoms in total. The second-order valence-electron chi connectivity index (χ2n) is 5.52. The highest BCUT2D eigenvalue weighted by Gasteiger charge is 2.32. The Morgan fingerprint density at radius 2 is 1.85 bits per heavy atom. The zero-order valence-electron chi connectivity index (χ0n) is 13.6.